The fourth-order valence-electron chi connectivity index (χ4n) is 1.99. The third-order valence-electron chi connectivity index (χ3n) is 3.10. The van der Waals surface area contributed by atoms with Crippen LogP contribution in [0.15, 0.2) is 60.8 Å². The van der Waals surface area contributed by atoms with Gasteiger partial charge in [-0.25, -0.2) is 4.98 Å². The Morgan fingerprint density at radius 3 is 2.30 bits per heavy atom. The van der Waals surface area contributed by atoms with Crippen LogP contribution in [0.4, 0.5) is 0 Å². The summed E-state index contributed by atoms with van der Waals surface area (Å²) in [4.78, 5) is 16.9. The zero-order valence-corrected chi connectivity index (χ0v) is 11.9. The highest BCUT2D eigenvalue weighted by Gasteiger charge is 2.07. The first kappa shape index (κ1) is 12.8. The van der Waals surface area contributed by atoms with E-state index in [1.165, 1.54) is 0 Å². The lowest BCUT2D eigenvalue weighted by Gasteiger charge is -1.98. The highest BCUT2D eigenvalue weighted by Crippen LogP contribution is 2.31. The van der Waals surface area contributed by atoms with E-state index in [-0.39, 0.29) is 5.78 Å². The fourth-order valence-corrected chi connectivity index (χ4v) is 2.92. The number of carbonyl (C=O) groups excluding carboxylic acids is 1. The quantitative estimate of drug-likeness (QED) is 0.652. The maximum atomic E-state index is 11.3. The largest absolute Gasteiger partial charge is 0.295 e. The van der Waals surface area contributed by atoms with Crippen molar-refractivity contribution < 1.29 is 4.79 Å². The summed E-state index contributed by atoms with van der Waals surface area (Å²) in [6.07, 6.45) is 1.88. The predicted molar refractivity (Wildman–Crippen MR) is 83.0 cm³/mol. The van der Waals surface area contributed by atoms with E-state index in [4.69, 9.17) is 0 Å². The van der Waals surface area contributed by atoms with Gasteiger partial charge in [-0.1, -0.05) is 54.6 Å². The minimum Gasteiger partial charge on any atom is -0.295 e. The SMILES string of the molecule is CC(=O)c1ccc(-c2cnc(-c3ccccc3)s2)cc1. The molecule has 2 aromatic carbocycles. The van der Waals surface area contributed by atoms with Crippen molar-refractivity contribution >= 4 is 17.1 Å². The van der Waals surface area contributed by atoms with Crippen molar-refractivity contribution in [2.24, 2.45) is 0 Å². The second-order valence-electron chi connectivity index (χ2n) is 4.53. The molecule has 0 amide bonds. The normalized spacial score (nSPS) is 10.4. The molecule has 0 atom stereocenters. The molecule has 0 fully saturated rings. The third-order valence-corrected chi connectivity index (χ3v) is 4.20. The molecule has 2 nitrogen and oxygen atoms in total. The molecule has 0 aliphatic carbocycles. The number of aromatic nitrogens is 1. The summed E-state index contributed by atoms with van der Waals surface area (Å²) < 4.78 is 0. The number of ketones is 1. The van der Waals surface area contributed by atoms with Gasteiger partial charge < -0.3 is 0 Å². The molecule has 0 saturated heterocycles. The summed E-state index contributed by atoms with van der Waals surface area (Å²) >= 11 is 1.66. The molecule has 0 aliphatic heterocycles. The van der Waals surface area contributed by atoms with Crippen molar-refractivity contribution in [2.75, 3.05) is 0 Å². The molecule has 0 radical (unpaired) electrons. The lowest BCUT2D eigenvalue weighted by molar-refractivity contribution is 0.101. The lowest BCUT2D eigenvalue weighted by Crippen LogP contribution is -1.90. The molecule has 20 heavy (non-hydrogen) atoms. The smallest absolute Gasteiger partial charge is 0.159 e. The molecular formula is C17H13NOS. The van der Waals surface area contributed by atoms with E-state index in [9.17, 15) is 4.79 Å². The first-order chi connectivity index (χ1) is 9.74. The molecule has 1 heterocycles. The summed E-state index contributed by atoms with van der Waals surface area (Å²) in [6, 6.07) is 17.8. The first-order valence-corrected chi connectivity index (χ1v) is 7.18. The summed E-state index contributed by atoms with van der Waals surface area (Å²) in [5, 5.41) is 1.01. The molecule has 0 saturated carbocycles. The second-order valence-corrected chi connectivity index (χ2v) is 5.56. The second kappa shape index (κ2) is 5.39. The van der Waals surface area contributed by atoms with E-state index in [1.54, 1.807) is 18.3 Å². The molecule has 0 spiro atoms. The van der Waals surface area contributed by atoms with Gasteiger partial charge in [-0.3, -0.25) is 4.79 Å². The summed E-state index contributed by atoms with van der Waals surface area (Å²) in [7, 11) is 0. The summed E-state index contributed by atoms with van der Waals surface area (Å²) in [6.45, 7) is 1.58. The Hall–Kier alpha value is -2.26. The van der Waals surface area contributed by atoms with E-state index < -0.39 is 0 Å². The van der Waals surface area contributed by atoms with Crippen molar-refractivity contribution in [1.82, 2.24) is 4.98 Å². The lowest BCUT2D eigenvalue weighted by atomic mass is 10.1. The monoisotopic (exact) mass is 279 g/mol. The molecule has 0 unspecified atom stereocenters. The Morgan fingerprint density at radius 2 is 1.65 bits per heavy atom. The fraction of sp³-hybridized carbons (Fsp3) is 0.0588. The van der Waals surface area contributed by atoms with Crippen LogP contribution in [0.2, 0.25) is 0 Å². The van der Waals surface area contributed by atoms with Crippen LogP contribution < -0.4 is 0 Å². The van der Waals surface area contributed by atoms with Gasteiger partial charge in [-0.05, 0) is 12.5 Å². The van der Waals surface area contributed by atoms with Crippen molar-refractivity contribution in [1.29, 1.82) is 0 Å². The summed E-state index contributed by atoms with van der Waals surface area (Å²) in [5.74, 6) is 0.0887. The minimum atomic E-state index is 0.0887. The highest BCUT2D eigenvalue weighted by atomic mass is 32.1. The van der Waals surface area contributed by atoms with Gasteiger partial charge in [0.15, 0.2) is 5.78 Å². The standard InChI is InChI=1S/C17H13NOS/c1-12(19)13-7-9-14(10-8-13)16-11-18-17(20-16)15-5-3-2-4-6-15/h2-11H,1H3. The van der Waals surface area contributed by atoms with Gasteiger partial charge in [-0.15, -0.1) is 11.3 Å². The van der Waals surface area contributed by atoms with Crippen molar-refractivity contribution in [3.05, 3.63) is 66.4 Å². The van der Waals surface area contributed by atoms with Crippen LogP contribution in [0.5, 0.6) is 0 Å². The number of thiazole rings is 1. The Bertz CT molecular complexity index is 729. The van der Waals surface area contributed by atoms with Gasteiger partial charge in [0, 0.05) is 17.3 Å². The van der Waals surface area contributed by atoms with Crippen molar-refractivity contribution in [3.63, 3.8) is 0 Å². The number of hydrogen-bond acceptors (Lipinski definition) is 3. The molecule has 1 aromatic heterocycles. The predicted octanol–water partition coefficient (Wildman–Crippen LogP) is 4.68. The maximum absolute atomic E-state index is 11.3. The van der Waals surface area contributed by atoms with Crippen molar-refractivity contribution in [3.8, 4) is 21.0 Å². The van der Waals surface area contributed by atoms with E-state index in [2.05, 4.69) is 17.1 Å². The average Bonchev–Trinajstić information content (AvgIpc) is 2.98. The van der Waals surface area contributed by atoms with Crippen LogP contribution in [0.3, 0.4) is 0 Å². The van der Waals surface area contributed by atoms with Gasteiger partial charge in [-0.2, -0.15) is 0 Å². The summed E-state index contributed by atoms with van der Waals surface area (Å²) in [5.41, 5.74) is 2.96. The van der Waals surface area contributed by atoms with Gasteiger partial charge in [0.25, 0.3) is 0 Å². The van der Waals surface area contributed by atoms with Gasteiger partial charge >= 0.3 is 0 Å². The molecule has 0 bridgehead atoms. The zero-order chi connectivity index (χ0) is 13.9. The number of hydrogen-bond donors (Lipinski definition) is 0. The van der Waals surface area contributed by atoms with Crippen LogP contribution in [-0.2, 0) is 0 Å². The molecule has 3 rings (SSSR count). The zero-order valence-electron chi connectivity index (χ0n) is 11.0. The third kappa shape index (κ3) is 2.53. The van der Waals surface area contributed by atoms with E-state index in [0.29, 0.717) is 0 Å². The van der Waals surface area contributed by atoms with Crippen LogP contribution in [-0.4, -0.2) is 10.8 Å². The molecular weight excluding hydrogens is 266 g/mol. The van der Waals surface area contributed by atoms with Crippen LogP contribution in [0, 0.1) is 0 Å². The molecule has 3 aromatic rings. The van der Waals surface area contributed by atoms with Gasteiger partial charge in [0.2, 0.25) is 0 Å². The van der Waals surface area contributed by atoms with E-state index >= 15 is 0 Å². The van der Waals surface area contributed by atoms with Crippen LogP contribution >= 0.6 is 11.3 Å². The first-order valence-electron chi connectivity index (χ1n) is 6.36. The van der Waals surface area contributed by atoms with Crippen LogP contribution in [0.1, 0.15) is 17.3 Å². The number of Topliss-reactive ketones (excluding diaryl/α,β-unsaturated/α-hetero) is 1. The minimum absolute atomic E-state index is 0.0887. The maximum Gasteiger partial charge on any atom is 0.159 e. The molecule has 98 valence electrons. The molecule has 0 N–H and O–H groups in total. The van der Waals surface area contributed by atoms with Crippen LogP contribution in [0.25, 0.3) is 21.0 Å². The van der Waals surface area contributed by atoms with E-state index in [1.807, 2.05) is 48.7 Å². The molecule has 0 aliphatic rings. The Labute approximate surface area is 121 Å². The Balaban J connectivity index is 1.92. The molecule has 3 heteroatoms. The number of carbonyl (C=O) groups is 1. The topological polar surface area (TPSA) is 30.0 Å². The Morgan fingerprint density at radius 1 is 0.950 bits per heavy atom. The van der Waals surface area contributed by atoms with Gasteiger partial charge in [0.1, 0.15) is 5.01 Å². The number of nitrogens with zero attached hydrogens (tertiary/aromatic N) is 1. The highest BCUT2D eigenvalue weighted by molar-refractivity contribution is 7.18. The number of benzene rings is 2. The van der Waals surface area contributed by atoms with Crippen molar-refractivity contribution in [2.45, 2.75) is 6.92 Å². The Kier molecular flexibility index (Phi) is 3.44. The van der Waals surface area contributed by atoms with E-state index in [0.717, 1.165) is 26.6 Å². The average molecular weight is 279 g/mol. The number of rotatable bonds is 3. The van der Waals surface area contributed by atoms with Gasteiger partial charge in [0.05, 0.1) is 4.88 Å².